The molecule has 1 fully saturated rings. The average molecular weight is 302 g/mol. The zero-order valence-corrected chi connectivity index (χ0v) is 10.5. The molecular formula is C10H15BrF3NO. The van der Waals surface area contributed by atoms with Gasteiger partial charge in [0.25, 0.3) is 0 Å². The lowest BCUT2D eigenvalue weighted by Crippen LogP contribution is -2.37. The van der Waals surface area contributed by atoms with Crippen molar-refractivity contribution in [3.8, 4) is 0 Å². The molecule has 0 N–H and O–H groups in total. The van der Waals surface area contributed by atoms with Gasteiger partial charge < -0.3 is 4.90 Å². The Balaban J connectivity index is 2.47. The van der Waals surface area contributed by atoms with Gasteiger partial charge in [0.2, 0.25) is 5.91 Å². The molecule has 1 aliphatic heterocycles. The van der Waals surface area contributed by atoms with Crippen LogP contribution < -0.4 is 0 Å². The fourth-order valence-corrected chi connectivity index (χ4v) is 2.37. The highest BCUT2D eigenvalue weighted by molar-refractivity contribution is 9.09. The molecule has 0 aliphatic carbocycles. The molecule has 0 radical (unpaired) electrons. The zero-order valence-electron chi connectivity index (χ0n) is 8.89. The molecule has 1 rings (SSSR count). The third kappa shape index (κ3) is 4.31. The van der Waals surface area contributed by atoms with Crippen molar-refractivity contribution in [3.05, 3.63) is 0 Å². The van der Waals surface area contributed by atoms with Crippen LogP contribution in [0.4, 0.5) is 13.2 Å². The van der Waals surface area contributed by atoms with E-state index < -0.39 is 18.5 Å². The van der Waals surface area contributed by atoms with Gasteiger partial charge in [-0.05, 0) is 25.7 Å². The number of hydrogen-bond donors (Lipinski definition) is 0. The number of carbonyl (C=O) groups is 1. The molecule has 0 aromatic rings. The van der Waals surface area contributed by atoms with Gasteiger partial charge in [-0.2, -0.15) is 13.2 Å². The van der Waals surface area contributed by atoms with Crippen LogP contribution in [0, 0.1) is 0 Å². The van der Waals surface area contributed by atoms with Crippen LogP contribution in [0.25, 0.3) is 0 Å². The van der Waals surface area contributed by atoms with Crippen LogP contribution >= 0.6 is 15.9 Å². The van der Waals surface area contributed by atoms with E-state index in [-0.39, 0.29) is 6.04 Å². The first-order valence-electron chi connectivity index (χ1n) is 5.36. The number of nitrogens with zero attached hydrogens (tertiary/aromatic N) is 1. The monoisotopic (exact) mass is 301 g/mol. The van der Waals surface area contributed by atoms with Gasteiger partial charge in [0.05, 0.1) is 0 Å². The van der Waals surface area contributed by atoms with Crippen molar-refractivity contribution in [2.45, 2.75) is 44.3 Å². The second-order valence-electron chi connectivity index (χ2n) is 4.01. The van der Waals surface area contributed by atoms with E-state index in [1.807, 2.05) is 0 Å². The molecule has 6 heteroatoms. The van der Waals surface area contributed by atoms with Gasteiger partial charge in [-0.25, -0.2) is 0 Å². The molecule has 16 heavy (non-hydrogen) atoms. The summed E-state index contributed by atoms with van der Waals surface area (Å²) in [6.07, 6.45) is -2.39. The van der Waals surface area contributed by atoms with Crippen LogP contribution in [0.1, 0.15) is 32.1 Å². The Morgan fingerprint density at radius 3 is 2.69 bits per heavy atom. The van der Waals surface area contributed by atoms with Gasteiger partial charge >= 0.3 is 6.18 Å². The quantitative estimate of drug-likeness (QED) is 0.731. The molecule has 2 nitrogen and oxygen atoms in total. The Morgan fingerprint density at radius 2 is 2.12 bits per heavy atom. The second-order valence-corrected chi connectivity index (χ2v) is 4.80. The number of rotatable bonds is 4. The maximum atomic E-state index is 12.1. The molecule has 0 aromatic heterocycles. The molecule has 0 bridgehead atoms. The molecule has 1 amide bonds. The Hall–Kier alpha value is -0.260. The van der Waals surface area contributed by atoms with Crippen molar-refractivity contribution in [1.82, 2.24) is 4.90 Å². The summed E-state index contributed by atoms with van der Waals surface area (Å²) < 4.78 is 36.3. The lowest BCUT2D eigenvalue weighted by atomic mass is 10.1. The first kappa shape index (κ1) is 13.8. The van der Waals surface area contributed by atoms with Crippen molar-refractivity contribution < 1.29 is 18.0 Å². The molecule has 0 spiro atoms. The first-order valence-corrected chi connectivity index (χ1v) is 6.48. The van der Waals surface area contributed by atoms with E-state index >= 15 is 0 Å². The van der Waals surface area contributed by atoms with Gasteiger partial charge in [0, 0.05) is 17.9 Å². The van der Waals surface area contributed by atoms with Crippen LogP contribution in [-0.2, 0) is 4.79 Å². The highest BCUT2D eigenvalue weighted by Crippen LogP contribution is 2.26. The Morgan fingerprint density at radius 1 is 1.44 bits per heavy atom. The van der Waals surface area contributed by atoms with Crippen LogP contribution in [0.15, 0.2) is 0 Å². The zero-order chi connectivity index (χ0) is 12.2. The number of carbonyl (C=O) groups excluding carboxylic acids is 1. The van der Waals surface area contributed by atoms with Crippen molar-refractivity contribution in [2.24, 2.45) is 0 Å². The van der Waals surface area contributed by atoms with E-state index in [0.29, 0.717) is 6.54 Å². The lowest BCUT2D eigenvalue weighted by Gasteiger charge is -2.25. The van der Waals surface area contributed by atoms with E-state index in [1.54, 1.807) is 0 Å². The number of amides is 1. The summed E-state index contributed by atoms with van der Waals surface area (Å²) in [7, 11) is 0. The third-order valence-electron chi connectivity index (χ3n) is 2.72. The predicted octanol–water partition coefficient (Wildman–Crippen LogP) is 3.10. The summed E-state index contributed by atoms with van der Waals surface area (Å²) in [6.45, 7) is 0.474. The summed E-state index contributed by atoms with van der Waals surface area (Å²) in [4.78, 5) is 12.8. The first-order chi connectivity index (χ1) is 7.44. The fraction of sp³-hybridized carbons (Fsp3) is 0.900. The minimum atomic E-state index is -4.39. The van der Waals surface area contributed by atoms with Gasteiger partial charge in [-0.3, -0.25) is 4.79 Å². The number of alkyl halides is 4. The Bertz CT molecular complexity index is 245. The predicted molar refractivity (Wildman–Crippen MR) is 58.4 cm³/mol. The van der Waals surface area contributed by atoms with Gasteiger partial charge in [-0.15, -0.1) is 0 Å². The number of hydrogen-bond acceptors (Lipinski definition) is 1. The molecule has 1 unspecified atom stereocenters. The molecule has 0 saturated carbocycles. The molecular weight excluding hydrogens is 287 g/mol. The van der Waals surface area contributed by atoms with E-state index in [1.165, 1.54) is 4.90 Å². The van der Waals surface area contributed by atoms with Crippen LogP contribution in [-0.4, -0.2) is 34.9 Å². The topological polar surface area (TPSA) is 20.3 Å². The molecule has 0 aromatic carbocycles. The molecule has 1 aliphatic rings. The van der Waals surface area contributed by atoms with E-state index in [9.17, 15) is 18.0 Å². The SMILES string of the molecule is O=C(CC(F)(F)F)N1CCCC1CCCBr. The summed E-state index contributed by atoms with van der Waals surface area (Å²) in [5.41, 5.74) is 0. The fourth-order valence-electron chi connectivity index (χ4n) is 2.05. The van der Waals surface area contributed by atoms with Crippen molar-refractivity contribution in [2.75, 3.05) is 11.9 Å². The van der Waals surface area contributed by atoms with E-state index in [2.05, 4.69) is 15.9 Å². The highest BCUT2D eigenvalue weighted by Gasteiger charge is 2.36. The smallest absolute Gasteiger partial charge is 0.339 e. The summed E-state index contributed by atoms with van der Waals surface area (Å²) >= 11 is 3.28. The van der Waals surface area contributed by atoms with E-state index in [0.717, 1.165) is 31.0 Å². The van der Waals surface area contributed by atoms with Gasteiger partial charge in [0.15, 0.2) is 0 Å². The summed E-state index contributed by atoms with van der Waals surface area (Å²) in [5, 5.41) is 0.824. The molecule has 94 valence electrons. The minimum Gasteiger partial charge on any atom is -0.339 e. The van der Waals surface area contributed by atoms with Gasteiger partial charge in [-0.1, -0.05) is 15.9 Å². The Labute approximate surface area is 101 Å². The van der Waals surface area contributed by atoms with E-state index in [4.69, 9.17) is 0 Å². The lowest BCUT2D eigenvalue weighted by molar-refractivity contribution is -0.162. The summed E-state index contributed by atoms with van der Waals surface area (Å²) in [5.74, 6) is -0.774. The number of halogens is 4. The summed E-state index contributed by atoms with van der Waals surface area (Å²) in [6, 6.07) is 0.00685. The van der Waals surface area contributed by atoms with Gasteiger partial charge in [0.1, 0.15) is 6.42 Å². The molecule has 1 saturated heterocycles. The third-order valence-corrected chi connectivity index (χ3v) is 3.28. The Kier molecular flexibility index (Phi) is 5.08. The van der Waals surface area contributed by atoms with Crippen LogP contribution in [0.5, 0.6) is 0 Å². The maximum absolute atomic E-state index is 12.1. The van der Waals surface area contributed by atoms with Crippen molar-refractivity contribution in [1.29, 1.82) is 0 Å². The second kappa shape index (κ2) is 5.89. The van der Waals surface area contributed by atoms with Crippen molar-refractivity contribution in [3.63, 3.8) is 0 Å². The normalized spacial score (nSPS) is 21.5. The number of likely N-dealkylation sites (tertiary alicyclic amines) is 1. The standard InChI is InChI=1S/C10H15BrF3NO/c11-5-1-3-8-4-2-6-15(8)9(16)7-10(12,13)14/h8H,1-7H2. The minimum absolute atomic E-state index is 0.00685. The van der Waals surface area contributed by atoms with Crippen LogP contribution in [0.3, 0.4) is 0 Å². The average Bonchev–Trinajstić information content (AvgIpc) is 2.59. The highest BCUT2D eigenvalue weighted by atomic mass is 79.9. The molecule has 1 heterocycles. The molecule has 1 atom stereocenters. The largest absolute Gasteiger partial charge is 0.397 e. The van der Waals surface area contributed by atoms with Crippen molar-refractivity contribution >= 4 is 21.8 Å². The van der Waals surface area contributed by atoms with Crippen LogP contribution in [0.2, 0.25) is 0 Å². The maximum Gasteiger partial charge on any atom is 0.397 e.